The van der Waals surface area contributed by atoms with E-state index in [9.17, 15) is 0 Å². The largest absolute Gasteiger partial charge is 0.296 e. The van der Waals surface area contributed by atoms with Gasteiger partial charge in [-0.2, -0.15) is 0 Å². The van der Waals surface area contributed by atoms with Gasteiger partial charge in [-0.3, -0.25) is 9.99 Å². The molecule has 5 heteroatoms. The number of aromatic nitrogens is 3. The molecular weight excluding hydrogens is 178 g/mol. The van der Waals surface area contributed by atoms with Crippen molar-refractivity contribution < 1.29 is 0 Å². The second-order valence-electron chi connectivity index (χ2n) is 2.92. The SMILES string of the molecule is Cn1c(NN)nnc1-c1ccccc1. The van der Waals surface area contributed by atoms with E-state index in [1.807, 2.05) is 37.4 Å². The fourth-order valence-corrected chi connectivity index (χ4v) is 1.29. The zero-order valence-corrected chi connectivity index (χ0v) is 7.81. The lowest BCUT2D eigenvalue weighted by molar-refractivity contribution is 0.917. The number of hydrogen-bond acceptors (Lipinski definition) is 4. The predicted molar refractivity (Wildman–Crippen MR) is 54.2 cm³/mol. The molecule has 0 unspecified atom stereocenters. The molecule has 0 aliphatic rings. The van der Waals surface area contributed by atoms with Gasteiger partial charge in [0.2, 0.25) is 5.95 Å². The van der Waals surface area contributed by atoms with Crippen LogP contribution in [0.5, 0.6) is 0 Å². The highest BCUT2D eigenvalue weighted by molar-refractivity contribution is 5.56. The van der Waals surface area contributed by atoms with Crippen molar-refractivity contribution in [1.29, 1.82) is 0 Å². The van der Waals surface area contributed by atoms with Crippen LogP contribution in [0.1, 0.15) is 0 Å². The zero-order chi connectivity index (χ0) is 9.97. The standard InChI is InChI=1S/C9H11N5/c1-14-8(12-13-9(14)11-10)7-5-3-2-4-6-7/h2-6H,10H2,1H3,(H,11,13). The van der Waals surface area contributed by atoms with Crippen molar-refractivity contribution in [2.45, 2.75) is 0 Å². The van der Waals surface area contributed by atoms with Gasteiger partial charge in [0.1, 0.15) is 0 Å². The summed E-state index contributed by atoms with van der Waals surface area (Å²) in [6.45, 7) is 0. The highest BCUT2D eigenvalue weighted by Crippen LogP contribution is 2.17. The van der Waals surface area contributed by atoms with Crippen LogP contribution in [0.3, 0.4) is 0 Å². The van der Waals surface area contributed by atoms with Crippen LogP contribution in [0.2, 0.25) is 0 Å². The average molecular weight is 189 g/mol. The van der Waals surface area contributed by atoms with Crippen molar-refractivity contribution in [3.8, 4) is 11.4 Å². The van der Waals surface area contributed by atoms with Gasteiger partial charge in [-0.25, -0.2) is 5.84 Å². The average Bonchev–Trinajstić information content (AvgIpc) is 2.61. The number of rotatable bonds is 2. The summed E-state index contributed by atoms with van der Waals surface area (Å²) in [5.74, 6) is 6.60. The van der Waals surface area contributed by atoms with Crippen LogP contribution < -0.4 is 11.3 Å². The summed E-state index contributed by atoms with van der Waals surface area (Å²) < 4.78 is 1.80. The second kappa shape index (κ2) is 3.47. The maximum absolute atomic E-state index is 5.27. The molecule has 72 valence electrons. The molecule has 0 bridgehead atoms. The van der Waals surface area contributed by atoms with Crippen LogP contribution >= 0.6 is 0 Å². The van der Waals surface area contributed by atoms with Crippen molar-refractivity contribution in [3.05, 3.63) is 30.3 Å². The van der Waals surface area contributed by atoms with Gasteiger partial charge in [0.05, 0.1) is 0 Å². The van der Waals surface area contributed by atoms with Gasteiger partial charge in [0.25, 0.3) is 0 Å². The third-order valence-electron chi connectivity index (χ3n) is 2.04. The molecule has 0 saturated carbocycles. The molecule has 2 rings (SSSR count). The topological polar surface area (TPSA) is 68.8 Å². The van der Waals surface area contributed by atoms with E-state index in [0.29, 0.717) is 5.95 Å². The Kier molecular flexibility index (Phi) is 2.16. The van der Waals surface area contributed by atoms with Gasteiger partial charge in [-0.15, -0.1) is 10.2 Å². The minimum absolute atomic E-state index is 0.545. The molecule has 1 aromatic carbocycles. The zero-order valence-electron chi connectivity index (χ0n) is 7.81. The van der Waals surface area contributed by atoms with E-state index >= 15 is 0 Å². The van der Waals surface area contributed by atoms with E-state index in [2.05, 4.69) is 15.6 Å². The third-order valence-corrected chi connectivity index (χ3v) is 2.04. The van der Waals surface area contributed by atoms with E-state index < -0.39 is 0 Å². The molecule has 0 spiro atoms. The molecule has 0 aliphatic heterocycles. The molecule has 2 aromatic rings. The lowest BCUT2D eigenvalue weighted by Gasteiger charge is -2.01. The van der Waals surface area contributed by atoms with Gasteiger partial charge >= 0.3 is 0 Å². The molecular formula is C9H11N5. The highest BCUT2D eigenvalue weighted by atomic mass is 15.4. The number of nitrogens with two attached hydrogens (primary N) is 1. The maximum atomic E-state index is 5.27. The Morgan fingerprint density at radius 1 is 1.21 bits per heavy atom. The first-order valence-corrected chi connectivity index (χ1v) is 4.24. The molecule has 1 aromatic heterocycles. The molecule has 0 fully saturated rings. The summed E-state index contributed by atoms with van der Waals surface area (Å²) in [6, 6.07) is 9.83. The lowest BCUT2D eigenvalue weighted by Crippen LogP contribution is -2.11. The van der Waals surface area contributed by atoms with Gasteiger partial charge in [0.15, 0.2) is 5.82 Å². The van der Waals surface area contributed by atoms with Gasteiger partial charge in [0, 0.05) is 12.6 Å². The molecule has 0 saturated heterocycles. The van der Waals surface area contributed by atoms with E-state index in [1.54, 1.807) is 4.57 Å². The first kappa shape index (κ1) is 8.71. The minimum atomic E-state index is 0.545. The van der Waals surface area contributed by atoms with Crippen LogP contribution in [0, 0.1) is 0 Å². The van der Waals surface area contributed by atoms with Crippen molar-refractivity contribution in [1.82, 2.24) is 14.8 Å². The van der Waals surface area contributed by atoms with E-state index in [0.717, 1.165) is 11.4 Å². The van der Waals surface area contributed by atoms with Crippen molar-refractivity contribution in [3.63, 3.8) is 0 Å². The number of hydrogen-bond donors (Lipinski definition) is 2. The summed E-state index contributed by atoms with van der Waals surface area (Å²) in [4.78, 5) is 0. The lowest BCUT2D eigenvalue weighted by atomic mass is 10.2. The van der Waals surface area contributed by atoms with Gasteiger partial charge in [-0.1, -0.05) is 30.3 Å². The quantitative estimate of drug-likeness (QED) is 0.540. The van der Waals surface area contributed by atoms with Crippen molar-refractivity contribution in [2.24, 2.45) is 12.9 Å². The molecule has 14 heavy (non-hydrogen) atoms. The van der Waals surface area contributed by atoms with Crippen molar-refractivity contribution >= 4 is 5.95 Å². The number of anilines is 1. The first-order chi connectivity index (χ1) is 6.83. The summed E-state index contributed by atoms with van der Waals surface area (Å²) in [6.07, 6.45) is 0. The first-order valence-electron chi connectivity index (χ1n) is 4.24. The fourth-order valence-electron chi connectivity index (χ4n) is 1.29. The normalized spacial score (nSPS) is 10.1. The number of nitrogen functional groups attached to an aromatic ring is 1. The molecule has 1 heterocycles. The summed E-state index contributed by atoms with van der Waals surface area (Å²) >= 11 is 0. The van der Waals surface area contributed by atoms with Gasteiger partial charge in [-0.05, 0) is 0 Å². The molecule has 5 nitrogen and oxygen atoms in total. The Hall–Kier alpha value is -1.88. The summed E-state index contributed by atoms with van der Waals surface area (Å²) in [5, 5.41) is 7.91. The molecule has 0 amide bonds. The highest BCUT2D eigenvalue weighted by Gasteiger charge is 2.08. The number of nitrogens with zero attached hydrogens (tertiary/aromatic N) is 3. The molecule has 0 atom stereocenters. The summed E-state index contributed by atoms with van der Waals surface area (Å²) in [5.41, 5.74) is 3.49. The Labute approximate surface area is 81.5 Å². The van der Waals surface area contributed by atoms with Crippen LogP contribution in [-0.2, 0) is 7.05 Å². The Morgan fingerprint density at radius 3 is 2.50 bits per heavy atom. The molecule has 3 N–H and O–H groups in total. The Morgan fingerprint density at radius 2 is 1.93 bits per heavy atom. The van der Waals surface area contributed by atoms with Crippen LogP contribution in [0.25, 0.3) is 11.4 Å². The third kappa shape index (κ3) is 1.33. The number of hydrazine groups is 1. The van der Waals surface area contributed by atoms with Crippen LogP contribution in [0.15, 0.2) is 30.3 Å². The fraction of sp³-hybridized carbons (Fsp3) is 0.111. The van der Waals surface area contributed by atoms with Gasteiger partial charge < -0.3 is 0 Å². The van der Waals surface area contributed by atoms with E-state index in [1.165, 1.54) is 0 Å². The van der Waals surface area contributed by atoms with E-state index in [4.69, 9.17) is 5.84 Å². The Balaban J connectivity index is 2.48. The maximum Gasteiger partial charge on any atom is 0.238 e. The van der Waals surface area contributed by atoms with Crippen LogP contribution in [0.4, 0.5) is 5.95 Å². The number of nitrogens with one attached hydrogen (secondary N) is 1. The van der Waals surface area contributed by atoms with Crippen LogP contribution in [-0.4, -0.2) is 14.8 Å². The van der Waals surface area contributed by atoms with Crippen molar-refractivity contribution in [2.75, 3.05) is 5.43 Å². The molecule has 0 aliphatic carbocycles. The molecule has 0 radical (unpaired) electrons. The van der Waals surface area contributed by atoms with E-state index in [-0.39, 0.29) is 0 Å². The smallest absolute Gasteiger partial charge is 0.238 e. The number of benzene rings is 1. The summed E-state index contributed by atoms with van der Waals surface area (Å²) in [7, 11) is 1.86. The Bertz CT molecular complexity index is 420. The predicted octanol–water partition coefficient (Wildman–Crippen LogP) is 0.768. The second-order valence-corrected chi connectivity index (χ2v) is 2.92. The minimum Gasteiger partial charge on any atom is -0.296 e. The monoisotopic (exact) mass is 189 g/mol.